The molecule has 0 spiro atoms. The lowest BCUT2D eigenvalue weighted by molar-refractivity contribution is -0.0494. The van der Waals surface area contributed by atoms with Crippen molar-refractivity contribution in [3.63, 3.8) is 0 Å². The van der Waals surface area contributed by atoms with Crippen molar-refractivity contribution in [1.82, 2.24) is 20.1 Å². The maximum Gasteiger partial charge on any atom is 0.511 e. The number of nitrogens with zero attached hydrogens (tertiary/aromatic N) is 3. The molecule has 2 N–H and O–H groups in total. The molecule has 2 rings (SSSR count). The van der Waals surface area contributed by atoms with Crippen molar-refractivity contribution in [1.29, 1.82) is 0 Å². The molecule has 0 amide bonds. The average Bonchev–Trinajstić information content (AvgIpc) is 2.96. The summed E-state index contributed by atoms with van der Waals surface area (Å²) in [5.41, 5.74) is -3.31. The molecule has 0 radical (unpaired) electrons. The molecule has 0 unspecified atom stereocenters. The van der Waals surface area contributed by atoms with Crippen molar-refractivity contribution in [3.8, 4) is 0 Å². The van der Waals surface area contributed by atoms with Crippen molar-refractivity contribution in [2.45, 2.75) is 58.0 Å². The van der Waals surface area contributed by atoms with Crippen molar-refractivity contribution in [3.05, 3.63) is 17.0 Å². The molecule has 1 aromatic heterocycles. The number of alkyl halides is 3. The highest BCUT2D eigenvalue weighted by molar-refractivity contribution is 7.90. The van der Waals surface area contributed by atoms with Crippen LogP contribution in [0.3, 0.4) is 0 Å². The van der Waals surface area contributed by atoms with Crippen molar-refractivity contribution in [2.75, 3.05) is 26.2 Å². The van der Waals surface area contributed by atoms with Crippen LogP contribution in [0.5, 0.6) is 0 Å². The molecule has 0 aliphatic carbocycles. The van der Waals surface area contributed by atoms with E-state index in [-0.39, 0.29) is 32.0 Å². The Morgan fingerprint density at radius 3 is 2.48 bits per heavy atom. The SMILES string of the molecule is CCNC(=NCCCc1c(C)noc1C)NC1CCN(S(=O)(=O)C(F)(F)F)CC1. The predicted octanol–water partition coefficient (Wildman–Crippen LogP) is 2.09. The second-order valence-corrected chi connectivity index (χ2v) is 8.86. The molecule has 1 fully saturated rings. The molecule has 29 heavy (non-hydrogen) atoms. The first-order chi connectivity index (χ1) is 13.6. The number of sulfonamides is 1. The summed E-state index contributed by atoms with van der Waals surface area (Å²) >= 11 is 0. The van der Waals surface area contributed by atoms with Crippen molar-refractivity contribution >= 4 is 16.0 Å². The van der Waals surface area contributed by atoms with E-state index in [9.17, 15) is 21.6 Å². The van der Waals surface area contributed by atoms with Gasteiger partial charge in [0.15, 0.2) is 5.96 Å². The molecule has 1 saturated heterocycles. The predicted molar refractivity (Wildman–Crippen MR) is 103 cm³/mol. The van der Waals surface area contributed by atoms with Crippen molar-refractivity contribution in [2.24, 2.45) is 4.99 Å². The van der Waals surface area contributed by atoms with Crippen LogP contribution < -0.4 is 10.6 Å². The molecule has 0 bridgehead atoms. The van der Waals surface area contributed by atoms with E-state index in [0.29, 0.717) is 23.4 Å². The molecule has 2 heterocycles. The Morgan fingerprint density at radius 2 is 1.97 bits per heavy atom. The van der Waals surface area contributed by atoms with E-state index in [2.05, 4.69) is 20.8 Å². The molecule has 8 nitrogen and oxygen atoms in total. The normalized spacial score (nSPS) is 17.5. The van der Waals surface area contributed by atoms with Gasteiger partial charge in [0, 0.05) is 37.8 Å². The Morgan fingerprint density at radius 1 is 1.31 bits per heavy atom. The Labute approximate surface area is 169 Å². The fraction of sp³-hybridized carbons (Fsp3) is 0.765. The molecular formula is C17H28F3N5O3S. The number of piperidine rings is 1. The van der Waals surface area contributed by atoms with Gasteiger partial charge < -0.3 is 15.2 Å². The van der Waals surface area contributed by atoms with E-state index in [1.165, 1.54) is 0 Å². The van der Waals surface area contributed by atoms with E-state index < -0.39 is 15.5 Å². The Kier molecular flexibility index (Phi) is 7.92. The quantitative estimate of drug-likeness (QED) is 0.383. The number of halogens is 3. The summed E-state index contributed by atoms with van der Waals surface area (Å²) in [6.07, 6.45) is 2.14. The topological polar surface area (TPSA) is 99.8 Å². The zero-order valence-electron chi connectivity index (χ0n) is 16.8. The van der Waals surface area contributed by atoms with E-state index >= 15 is 0 Å². The molecule has 1 aliphatic heterocycles. The van der Waals surface area contributed by atoms with E-state index in [1.54, 1.807) is 0 Å². The first-order valence-corrected chi connectivity index (χ1v) is 11.0. The van der Waals surface area contributed by atoms with Gasteiger partial charge >= 0.3 is 15.5 Å². The van der Waals surface area contributed by atoms with Crippen LogP contribution in [-0.2, 0) is 16.4 Å². The van der Waals surface area contributed by atoms with Gasteiger partial charge in [-0.25, -0.2) is 8.42 Å². The monoisotopic (exact) mass is 439 g/mol. The van der Waals surface area contributed by atoms with E-state index in [4.69, 9.17) is 4.52 Å². The summed E-state index contributed by atoms with van der Waals surface area (Å²) in [6, 6.07) is -0.143. The van der Waals surface area contributed by atoms with Crippen LogP contribution in [-0.4, -0.2) is 61.6 Å². The number of guanidine groups is 1. The van der Waals surface area contributed by atoms with Crippen LogP contribution in [0.4, 0.5) is 13.2 Å². The highest BCUT2D eigenvalue weighted by Crippen LogP contribution is 2.28. The summed E-state index contributed by atoms with van der Waals surface area (Å²) < 4.78 is 66.6. The van der Waals surface area contributed by atoms with Gasteiger partial charge in [-0.1, -0.05) is 5.16 Å². The molecular weight excluding hydrogens is 411 g/mol. The molecule has 12 heteroatoms. The Balaban J connectivity index is 1.85. The standard InChI is InChI=1S/C17H28F3N5O3S/c1-4-21-16(22-9-5-6-15-12(2)24-28-13(15)3)23-14-7-10-25(11-8-14)29(26,27)17(18,19)20/h14H,4-11H2,1-3H3,(H2,21,22,23). The highest BCUT2D eigenvalue weighted by atomic mass is 32.2. The van der Waals surface area contributed by atoms with Crippen LogP contribution in [0.1, 0.15) is 43.2 Å². The number of aliphatic imine (C=N–C) groups is 1. The summed E-state index contributed by atoms with van der Waals surface area (Å²) in [5.74, 6) is 1.38. The van der Waals surface area contributed by atoms with Gasteiger partial charge in [0.1, 0.15) is 5.76 Å². The molecule has 166 valence electrons. The highest BCUT2D eigenvalue weighted by Gasteiger charge is 2.50. The molecule has 0 saturated carbocycles. The molecule has 1 aromatic rings. The van der Waals surface area contributed by atoms with Crippen LogP contribution in [0.15, 0.2) is 9.52 Å². The minimum Gasteiger partial charge on any atom is -0.361 e. The van der Waals surface area contributed by atoms with Gasteiger partial charge in [0.25, 0.3) is 0 Å². The van der Waals surface area contributed by atoms with Gasteiger partial charge in [0.05, 0.1) is 5.69 Å². The van der Waals surface area contributed by atoms with Crippen LogP contribution in [0.25, 0.3) is 0 Å². The Bertz CT molecular complexity index is 780. The lowest BCUT2D eigenvalue weighted by atomic mass is 10.1. The fourth-order valence-corrected chi connectivity index (χ4v) is 4.19. The zero-order chi connectivity index (χ0) is 21.7. The molecule has 1 aliphatic rings. The third kappa shape index (κ3) is 6.08. The lowest BCUT2D eigenvalue weighted by Gasteiger charge is -2.32. The molecule has 0 aromatic carbocycles. The van der Waals surface area contributed by atoms with Crippen LogP contribution in [0.2, 0.25) is 0 Å². The summed E-state index contributed by atoms with van der Waals surface area (Å²) in [6.45, 7) is 6.52. The average molecular weight is 440 g/mol. The van der Waals surface area contributed by atoms with Crippen LogP contribution >= 0.6 is 0 Å². The van der Waals surface area contributed by atoms with Gasteiger partial charge in [-0.05, 0) is 46.5 Å². The number of hydrogen-bond donors (Lipinski definition) is 2. The second kappa shape index (κ2) is 9.79. The first-order valence-electron chi connectivity index (χ1n) is 9.59. The van der Waals surface area contributed by atoms with Gasteiger partial charge in [0.2, 0.25) is 0 Å². The third-order valence-electron chi connectivity index (χ3n) is 4.81. The van der Waals surface area contributed by atoms with E-state index in [1.807, 2.05) is 20.8 Å². The summed E-state index contributed by atoms with van der Waals surface area (Å²) in [7, 11) is -5.26. The number of rotatable bonds is 7. The third-order valence-corrected chi connectivity index (χ3v) is 6.44. The fourth-order valence-electron chi connectivity index (χ4n) is 3.21. The Hall–Kier alpha value is -1.82. The smallest absolute Gasteiger partial charge is 0.361 e. The second-order valence-electron chi connectivity index (χ2n) is 6.94. The minimum atomic E-state index is -5.26. The maximum atomic E-state index is 12.7. The maximum absolute atomic E-state index is 12.7. The van der Waals surface area contributed by atoms with Crippen molar-refractivity contribution < 1.29 is 26.1 Å². The summed E-state index contributed by atoms with van der Waals surface area (Å²) in [4.78, 5) is 4.50. The van der Waals surface area contributed by atoms with Gasteiger partial charge in [-0.15, -0.1) is 0 Å². The number of hydrogen-bond acceptors (Lipinski definition) is 5. The number of aromatic nitrogens is 1. The molecule has 0 atom stereocenters. The lowest BCUT2D eigenvalue weighted by Crippen LogP contribution is -2.51. The van der Waals surface area contributed by atoms with Crippen LogP contribution in [0, 0.1) is 13.8 Å². The minimum absolute atomic E-state index is 0.143. The first kappa shape index (κ1) is 23.5. The van der Waals surface area contributed by atoms with E-state index in [0.717, 1.165) is 29.9 Å². The number of aryl methyl sites for hydroxylation is 2. The zero-order valence-corrected chi connectivity index (χ0v) is 17.7. The van der Waals surface area contributed by atoms with Gasteiger partial charge in [-0.2, -0.15) is 17.5 Å². The summed E-state index contributed by atoms with van der Waals surface area (Å²) in [5, 5.41) is 10.2. The largest absolute Gasteiger partial charge is 0.511 e. The van der Waals surface area contributed by atoms with Gasteiger partial charge in [-0.3, -0.25) is 4.99 Å². The number of nitrogens with one attached hydrogen (secondary N) is 2.